The third-order valence-electron chi connectivity index (χ3n) is 18.8. The molecule has 0 saturated heterocycles. The van der Waals surface area contributed by atoms with E-state index in [0.29, 0.717) is 0 Å². The molecule has 0 spiro atoms. The van der Waals surface area contributed by atoms with Crippen LogP contribution in [-0.2, 0) is 0 Å². The first-order chi connectivity index (χ1) is 46.1. The molecule has 0 aliphatic carbocycles. The van der Waals surface area contributed by atoms with Crippen LogP contribution in [-0.4, -0.2) is 6.71 Å². The fraction of sp³-hybridized carbons (Fsp3) is 0. The van der Waals surface area contributed by atoms with Crippen molar-refractivity contribution in [2.75, 3.05) is 9.80 Å². The van der Waals surface area contributed by atoms with E-state index < -0.39 is 0 Å². The van der Waals surface area contributed by atoms with Crippen LogP contribution in [0.25, 0.3) is 111 Å². The Bertz CT molecular complexity index is 4820. The van der Waals surface area contributed by atoms with E-state index in [-0.39, 0.29) is 6.71 Å². The number of para-hydroxylation sites is 2. The zero-order chi connectivity index (χ0) is 61.6. The van der Waals surface area contributed by atoms with Gasteiger partial charge >= 0.3 is 0 Å². The second kappa shape index (κ2) is 23.7. The Morgan fingerprint density at radius 3 is 0.742 bits per heavy atom. The largest absolute Gasteiger partial charge is 0.311 e. The van der Waals surface area contributed by atoms with Crippen molar-refractivity contribution in [1.82, 2.24) is 0 Å². The standard InChI is InChI=1S/C90H61BN2/c1-7-28-62(29-8-1)70-54-71(63-30-9-2-10-31-63)57-74(56-70)80-44-23-25-46-84(80)92-86-48-27-49-87-90(86)91(82-52-50-68(60-88(82)92)78-42-21-19-40-76(78)66-36-15-5-16-37-66)83-53-51-69(79-43-22-20-41-77(79)67-38-17-6-18-39-67)61-89(83)93(87)85-47-26-24-45-81(85)75-58-72(64-32-11-3-12-33-64)55-73(59-75)65-34-13-4-14-35-65/h1-61H. The van der Waals surface area contributed by atoms with Gasteiger partial charge in [0, 0.05) is 33.9 Å². The Labute approximate surface area is 545 Å². The first kappa shape index (κ1) is 55.1. The van der Waals surface area contributed by atoms with Crippen LogP contribution >= 0.6 is 0 Å². The molecule has 0 aromatic heterocycles. The van der Waals surface area contributed by atoms with Crippen molar-refractivity contribution in [3.8, 4) is 111 Å². The van der Waals surface area contributed by atoms with Gasteiger partial charge in [0.2, 0.25) is 0 Å². The summed E-state index contributed by atoms with van der Waals surface area (Å²) >= 11 is 0. The van der Waals surface area contributed by atoms with E-state index in [0.717, 1.165) is 67.5 Å². The first-order valence-electron chi connectivity index (χ1n) is 32.2. The van der Waals surface area contributed by atoms with E-state index in [9.17, 15) is 0 Å². The minimum absolute atomic E-state index is 0.151. The zero-order valence-corrected chi connectivity index (χ0v) is 51.2. The lowest BCUT2D eigenvalue weighted by Gasteiger charge is -2.45. The Balaban J connectivity index is 0.937. The smallest absolute Gasteiger partial charge is 0.252 e. The van der Waals surface area contributed by atoms with E-state index in [1.54, 1.807) is 0 Å². The second-order valence-corrected chi connectivity index (χ2v) is 24.3. The van der Waals surface area contributed by atoms with Crippen LogP contribution in [0.15, 0.2) is 370 Å². The average molecular weight is 1180 g/mol. The van der Waals surface area contributed by atoms with Gasteiger partial charge in [-0.1, -0.05) is 297 Å². The summed E-state index contributed by atoms with van der Waals surface area (Å²) in [6.07, 6.45) is 0. The Morgan fingerprint density at radius 1 is 0.151 bits per heavy atom. The Morgan fingerprint density at radius 2 is 0.409 bits per heavy atom. The van der Waals surface area contributed by atoms with Gasteiger partial charge in [-0.3, -0.25) is 0 Å². The number of fused-ring (bicyclic) bond motifs is 4. The van der Waals surface area contributed by atoms with Crippen LogP contribution in [0.2, 0.25) is 0 Å². The average Bonchev–Trinajstić information content (AvgIpc) is 0.699. The molecule has 17 rings (SSSR count). The van der Waals surface area contributed by atoms with Gasteiger partial charge < -0.3 is 9.80 Å². The lowest BCUT2D eigenvalue weighted by molar-refractivity contribution is 1.25. The van der Waals surface area contributed by atoms with Crippen LogP contribution in [0.3, 0.4) is 0 Å². The van der Waals surface area contributed by atoms with Crippen molar-refractivity contribution >= 4 is 57.2 Å². The molecule has 0 amide bonds. The highest BCUT2D eigenvalue weighted by Crippen LogP contribution is 2.51. The highest BCUT2D eigenvalue weighted by atomic mass is 15.2. The minimum Gasteiger partial charge on any atom is -0.311 e. The molecule has 0 N–H and O–H groups in total. The van der Waals surface area contributed by atoms with Gasteiger partial charge in [0.1, 0.15) is 0 Å². The maximum Gasteiger partial charge on any atom is 0.252 e. The van der Waals surface area contributed by atoms with Crippen molar-refractivity contribution in [2.24, 2.45) is 0 Å². The molecule has 0 unspecified atom stereocenters. The van der Waals surface area contributed by atoms with E-state index in [1.807, 2.05) is 0 Å². The van der Waals surface area contributed by atoms with Crippen LogP contribution < -0.4 is 26.2 Å². The molecule has 2 heterocycles. The normalized spacial score (nSPS) is 12.0. The molecule has 0 fully saturated rings. The SMILES string of the molecule is c1ccc(-c2cc(-c3ccccc3)cc(-c3ccccc3N3c4cc(-c5ccccc5-c5ccccc5)ccc4B4c5ccc(-c6ccccc6-c6ccccc6)cc5N(c5ccccc5-c5cc(-c6ccccc6)cc(-c6ccccc6)c5)c5cccc3c54)c2)cc1. The second-order valence-electron chi connectivity index (χ2n) is 24.3. The van der Waals surface area contributed by atoms with E-state index in [2.05, 4.69) is 380 Å². The maximum atomic E-state index is 2.60. The summed E-state index contributed by atoms with van der Waals surface area (Å²) in [7, 11) is 0. The minimum atomic E-state index is -0.151. The molecule has 2 nitrogen and oxygen atoms in total. The molecule has 15 aromatic carbocycles. The van der Waals surface area contributed by atoms with E-state index in [4.69, 9.17) is 0 Å². The molecule has 3 heteroatoms. The lowest BCUT2D eigenvalue weighted by atomic mass is 9.33. The number of rotatable bonds is 12. The molecule has 0 bridgehead atoms. The summed E-state index contributed by atoms with van der Waals surface area (Å²) in [5.74, 6) is 0. The number of benzene rings is 15. The van der Waals surface area contributed by atoms with Crippen LogP contribution in [0.1, 0.15) is 0 Å². The Kier molecular flexibility index (Phi) is 14.0. The molecule has 15 aromatic rings. The van der Waals surface area contributed by atoms with Gasteiger partial charge in [-0.25, -0.2) is 0 Å². The monoisotopic (exact) mass is 1180 g/mol. The van der Waals surface area contributed by atoms with E-state index >= 15 is 0 Å². The van der Waals surface area contributed by atoms with Crippen molar-refractivity contribution in [2.45, 2.75) is 0 Å². The Hall–Kier alpha value is -12.0. The molecule has 434 valence electrons. The van der Waals surface area contributed by atoms with Crippen molar-refractivity contribution in [3.63, 3.8) is 0 Å². The van der Waals surface area contributed by atoms with Gasteiger partial charge in [0.15, 0.2) is 0 Å². The molecule has 0 atom stereocenters. The van der Waals surface area contributed by atoms with Gasteiger partial charge in [-0.05, 0) is 189 Å². The molecule has 93 heavy (non-hydrogen) atoms. The first-order valence-corrected chi connectivity index (χ1v) is 32.2. The highest BCUT2D eigenvalue weighted by Gasteiger charge is 2.44. The third kappa shape index (κ3) is 10.0. The van der Waals surface area contributed by atoms with Gasteiger partial charge in [-0.2, -0.15) is 0 Å². The third-order valence-corrected chi connectivity index (χ3v) is 18.8. The van der Waals surface area contributed by atoms with Crippen molar-refractivity contribution in [1.29, 1.82) is 0 Å². The van der Waals surface area contributed by atoms with Gasteiger partial charge in [-0.15, -0.1) is 0 Å². The van der Waals surface area contributed by atoms with Gasteiger partial charge in [0.05, 0.1) is 11.4 Å². The van der Waals surface area contributed by atoms with Crippen molar-refractivity contribution < 1.29 is 0 Å². The van der Waals surface area contributed by atoms with Crippen LogP contribution in [0.4, 0.5) is 34.1 Å². The number of anilines is 6. The summed E-state index contributed by atoms with van der Waals surface area (Å²) in [5, 5.41) is 0. The summed E-state index contributed by atoms with van der Waals surface area (Å²) < 4.78 is 0. The molecular weight excluding hydrogens is 1120 g/mol. The topological polar surface area (TPSA) is 6.48 Å². The molecule has 0 radical (unpaired) electrons. The van der Waals surface area contributed by atoms with E-state index in [1.165, 1.54) is 94.3 Å². The predicted octanol–water partition coefficient (Wildman–Crippen LogP) is 22.4. The number of hydrogen-bond acceptors (Lipinski definition) is 2. The fourth-order valence-electron chi connectivity index (χ4n) is 14.6. The highest BCUT2D eigenvalue weighted by molar-refractivity contribution is 7.00. The summed E-state index contributed by atoms with van der Waals surface area (Å²) in [5.41, 5.74) is 33.8. The molecule has 0 saturated carbocycles. The number of hydrogen-bond donors (Lipinski definition) is 0. The summed E-state index contributed by atoms with van der Waals surface area (Å²) in [6, 6.07) is 137. The molecular formula is C90H61BN2. The maximum absolute atomic E-state index is 2.60. The van der Waals surface area contributed by atoms with Gasteiger partial charge in [0.25, 0.3) is 6.71 Å². The quantitative estimate of drug-likeness (QED) is 0.113. The summed E-state index contributed by atoms with van der Waals surface area (Å²) in [6.45, 7) is -0.151. The van der Waals surface area contributed by atoms with Crippen LogP contribution in [0, 0.1) is 0 Å². The lowest BCUT2D eigenvalue weighted by Crippen LogP contribution is -2.61. The number of nitrogens with zero attached hydrogens (tertiary/aromatic N) is 2. The molecule has 2 aliphatic rings. The van der Waals surface area contributed by atoms with Crippen molar-refractivity contribution in [3.05, 3.63) is 370 Å². The zero-order valence-electron chi connectivity index (χ0n) is 51.2. The predicted molar refractivity (Wildman–Crippen MR) is 395 cm³/mol. The fourth-order valence-corrected chi connectivity index (χ4v) is 14.6. The molecule has 2 aliphatic heterocycles. The van der Waals surface area contributed by atoms with Crippen LogP contribution in [0.5, 0.6) is 0 Å². The summed E-state index contributed by atoms with van der Waals surface area (Å²) in [4.78, 5) is 5.20.